The van der Waals surface area contributed by atoms with Gasteiger partial charge in [-0.2, -0.15) is 0 Å². The third-order valence-electron chi connectivity index (χ3n) is 0.175. The van der Waals surface area contributed by atoms with Gasteiger partial charge in [0.2, 0.25) is 10.5 Å². The Balaban J connectivity index is 0. The Hall–Kier alpha value is 0.747. The molecule has 0 spiro atoms. The van der Waals surface area contributed by atoms with Crippen LogP contribution in [0.15, 0.2) is 0 Å². The Morgan fingerprint density at radius 3 is 2.00 bits per heavy atom. The fourth-order valence-corrected chi connectivity index (χ4v) is 0. The van der Waals surface area contributed by atoms with Gasteiger partial charge in [0.05, 0.1) is 0 Å². The van der Waals surface area contributed by atoms with Crippen LogP contribution < -0.4 is 0 Å². The van der Waals surface area contributed by atoms with E-state index < -0.39 is 6.16 Å². The topological polar surface area (TPSA) is 46.5 Å². The van der Waals surface area contributed by atoms with E-state index in [0.717, 1.165) is 0 Å². The summed E-state index contributed by atoms with van der Waals surface area (Å²) in [6.07, 6.45) is -1.18. The predicted octanol–water partition coefficient (Wildman–Crippen LogP) is -1.95. The standard InChI is InChI=1S/CH4O3Si.Ca.2H/c2-1(3)4-5;;;/h5H3,(H,2,3);;;. The van der Waals surface area contributed by atoms with Gasteiger partial charge >= 0.3 is 43.9 Å². The van der Waals surface area contributed by atoms with E-state index in [1.54, 1.807) is 0 Å². The summed E-state index contributed by atoms with van der Waals surface area (Å²) >= 11 is 0. The average molecular weight is 134 g/mol. The maximum atomic E-state index is 9.18. The second kappa shape index (κ2) is 5.75. The van der Waals surface area contributed by atoms with Crippen molar-refractivity contribution in [1.82, 2.24) is 0 Å². The minimum absolute atomic E-state index is 0. The van der Waals surface area contributed by atoms with E-state index in [9.17, 15) is 4.79 Å². The van der Waals surface area contributed by atoms with Crippen LogP contribution in [0.1, 0.15) is 0 Å². The molecule has 1 N–H and O–H groups in total. The summed E-state index contributed by atoms with van der Waals surface area (Å²) < 4.78 is 3.81. The summed E-state index contributed by atoms with van der Waals surface area (Å²) in [4.78, 5) is 9.18. The molecule has 6 heavy (non-hydrogen) atoms. The Kier molecular flexibility index (Phi) is 9.47. The first-order chi connectivity index (χ1) is 2.27. The van der Waals surface area contributed by atoms with Gasteiger partial charge in [0.25, 0.3) is 0 Å². The van der Waals surface area contributed by atoms with Gasteiger partial charge in [-0.3, -0.25) is 0 Å². The predicted molar refractivity (Wildman–Crippen MR) is 27.6 cm³/mol. The molecule has 0 aliphatic carbocycles. The molecule has 0 saturated heterocycles. The van der Waals surface area contributed by atoms with Crippen LogP contribution in [-0.2, 0) is 4.43 Å². The summed E-state index contributed by atoms with van der Waals surface area (Å²) in [6, 6.07) is 0. The van der Waals surface area contributed by atoms with E-state index in [-0.39, 0.29) is 48.2 Å². The molecular formula is CH6CaO3Si. The van der Waals surface area contributed by atoms with Crippen LogP contribution in [0.25, 0.3) is 0 Å². The zero-order valence-corrected chi connectivity index (χ0v) is 4.76. The van der Waals surface area contributed by atoms with Crippen molar-refractivity contribution in [2.75, 3.05) is 0 Å². The van der Waals surface area contributed by atoms with Gasteiger partial charge in [0.1, 0.15) is 0 Å². The molecule has 0 aromatic heterocycles. The first-order valence-corrected chi connectivity index (χ1v) is 1.86. The first kappa shape index (κ1) is 9.89. The molecule has 0 aliphatic rings. The third-order valence-corrected chi connectivity index (χ3v) is 0.524. The van der Waals surface area contributed by atoms with E-state index >= 15 is 0 Å². The van der Waals surface area contributed by atoms with Crippen molar-refractivity contribution >= 4 is 54.4 Å². The Bertz CT molecular complexity index is 46.1. The van der Waals surface area contributed by atoms with Crippen molar-refractivity contribution in [3.05, 3.63) is 0 Å². The molecular weight excluding hydrogens is 128 g/mol. The van der Waals surface area contributed by atoms with Crippen molar-refractivity contribution in [3.63, 3.8) is 0 Å². The molecule has 5 heteroatoms. The van der Waals surface area contributed by atoms with Crippen LogP contribution in [-0.4, -0.2) is 59.5 Å². The molecule has 0 fully saturated rings. The Morgan fingerprint density at radius 1 is 1.83 bits per heavy atom. The van der Waals surface area contributed by atoms with Crippen molar-refractivity contribution in [1.29, 1.82) is 0 Å². The number of carbonyl (C=O) groups is 1. The molecule has 0 aromatic carbocycles. The van der Waals surface area contributed by atoms with E-state index in [1.165, 1.54) is 0 Å². The van der Waals surface area contributed by atoms with E-state index in [0.29, 0.717) is 0 Å². The van der Waals surface area contributed by atoms with Gasteiger partial charge in [0.15, 0.2) is 0 Å². The molecule has 0 saturated carbocycles. The number of rotatable bonds is 0. The minimum atomic E-state index is -1.18. The van der Waals surface area contributed by atoms with Gasteiger partial charge in [-0.15, -0.1) is 0 Å². The molecule has 34 valence electrons. The summed E-state index contributed by atoms with van der Waals surface area (Å²) in [5.41, 5.74) is 0. The van der Waals surface area contributed by atoms with Crippen molar-refractivity contribution in [3.8, 4) is 0 Å². The first-order valence-electron chi connectivity index (χ1n) is 1.04. The van der Waals surface area contributed by atoms with Crippen LogP contribution in [0, 0.1) is 0 Å². The van der Waals surface area contributed by atoms with E-state index in [4.69, 9.17) is 5.11 Å². The van der Waals surface area contributed by atoms with Crippen molar-refractivity contribution in [2.24, 2.45) is 0 Å². The van der Waals surface area contributed by atoms with Crippen LogP contribution in [0.4, 0.5) is 4.79 Å². The Labute approximate surface area is 68.2 Å². The zero-order valence-electron chi connectivity index (χ0n) is 2.76. The van der Waals surface area contributed by atoms with Crippen molar-refractivity contribution < 1.29 is 14.3 Å². The van der Waals surface area contributed by atoms with Gasteiger partial charge in [0, 0.05) is 0 Å². The number of hydrogen-bond acceptors (Lipinski definition) is 2. The Morgan fingerprint density at radius 2 is 2.00 bits per heavy atom. The molecule has 0 aromatic rings. The second-order valence-corrected chi connectivity index (χ2v) is 0.878. The van der Waals surface area contributed by atoms with Crippen LogP contribution in [0.5, 0.6) is 0 Å². The molecule has 3 nitrogen and oxygen atoms in total. The van der Waals surface area contributed by atoms with Crippen LogP contribution >= 0.6 is 0 Å². The maximum absolute atomic E-state index is 9.18. The fraction of sp³-hybridized carbons (Fsp3) is 0. The molecule has 0 bridgehead atoms. The van der Waals surface area contributed by atoms with E-state index in [1.807, 2.05) is 0 Å². The molecule has 0 amide bonds. The van der Waals surface area contributed by atoms with Gasteiger partial charge < -0.3 is 9.53 Å². The fourth-order valence-electron chi connectivity index (χ4n) is 0. The molecule has 0 atom stereocenters. The summed E-state index contributed by atoms with van der Waals surface area (Å²) in [6.45, 7) is 0. The molecule has 0 aliphatic heterocycles. The quantitative estimate of drug-likeness (QED) is 0.392. The average Bonchev–Trinajstić information content (AvgIpc) is 1.38. The zero-order chi connectivity index (χ0) is 4.28. The third kappa shape index (κ3) is 8.83. The molecule has 0 radical (unpaired) electrons. The monoisotopic (exact) mass is 134 g/mol. The van der Waals surface area contributed by atoms with Gasteiger partial charge in [-0.05, 0) is 0 Å². The van der Waals surface area contributed by atoms with Crippen molar-refractivity contribution in [2.45, 2.75) is 0 Å². The van der Waals surface area contributed by atoms with Crippen LogP contribution in [0.2, 0.25) is 0 Å². The summed E-state index contributed by atoms with van der Waals surface area (Å²) in [7, 11) is 0.274. The molecule has 0 unspecified atom stereocenters. The molecule has 0 rings (SSSR count). The summed E-state index contributed by atoms with van der Waals surface area (Å²) in [5.74, 6) is 0. The number of carboxylic acid groups (broad SMARTS) is 1. The molecule has 0 heterocycles. The number of hydrogen-bond donors (Lipinski definition) is 1. The second-order valence-electron chi connectivity index (χ2n) is 0.470. The van der Waals surface area contributed by atoms with Gasteiger partial charge in [-0.1, -0.05) is 0 Å². The van der Waals surface area contributed by atoms with E-state index in [2.05, 4.69) is 4.43 Å². The SMILES string of the molecule is O=C(O)O[SiH3].[CaH2]. The summed E-state index contributed by atoms with van der Waals surface area (Å²) in [5, 5.41) is 7.53. The van der Waals surface area contributed by atoms with Crippen LogP contribution in [0.3, 0.4) is 0 Å². The van der Waals surface area contributed by atoms with Gasteiger partial charge in [-0.25, -0.2) is 4.79 Å². The normalized spacial score (nSPS) is 6.00.